The van der Waals surface area contributed by atoms with Crippen molar-refractivity contribution < 1.29 is 14.3 Å². The zero-order valence-corrected chi connectivity index (χ0v) is 10.9. The molecule has 1 heterocycles. The molecule has 0 aliphatic carbocycles. The molecule has 2 amide bonds. The molecule has 0 unspecified atom stereocenters. The van der Waals surface area contributed by atoms with E-state index >= 15 is 0 Å². The number of benzene rings is 1. The minimum atomic E-state index is -0.177. The predicted molar refractivity (Wildman–Crippen MR) is 68.0 cm³/mol. The molecule has 1 aromatic rings. The maximum atomic E-state index is 11.2. The minimum absolute atomic E-state index is 0.173. The molecule has 2 rings (SSSR count). The second kappa shape index (κ2) is 4.76. The topological polar surface area (TPSA) is 59.6 Å². The van der Waals surface area contributed by atoms with Gasteiger partial charge < -0.3 is 20.1 Å². The summed E-state index contributed by atoms with van der Waals surface area (Å²) in [4.78, 5) is 11.2. The van der Waals surface area contributed by atoms with Gasteiger partial charge in [0, 0.05) is 19.0 Å². The maximum absolute atomic E-state index is 11.2. The lowest BCUT2D eigenvalue weighted by molar-refractivity contribution is 0.174. The van der Waals surface area contributed by atoms with E-state index in [2.05, 4.69) is 24.5 Å². The average molecular weight is 250 g/mol. The van der Waals surface area contributed by atoms with E-state index in [-0.39, 0.29) is 18.2 Å². The van der Waals surface area contributed by atoms with Gasteiger partial charge in [-0.1, -0.05) is 19.9 Å². The number of hydrogen-bond donors (Lipinski definition) is 2. The van der Waals surface area contributed by atoms with Crippen LogP contribution in [0, 0.1) is 0 Å². The highest BCUT2D eigenvalue weighted by Crippen LogP contribution is 2.36. The molecule has 0 aromatic heterocycles. The van der Waals surface area contributed by atoms with Crippen LogP contribution in [0.5, 0.6) is 11.5 Å². The van der Waals surface area contributed by atoms with E-state index in [0.29, 0.717) is 6.54 Å². The van der Waals surface area contributed by atoms with Crippen molar-refractivity contribution in [3.05, 3.63) is 23.8 Å². The van der Waals surface area contributed by atoms with Crippen LogP contribution in [0.2, 0.25) is 0 Å². The highest BCUT2D eigenvalue weighted by atomic mass is 16.7. The van der Waals surface area contributed by atoms with Gasteiger partial charge in [0.1, 0.15) is 0 Å². The number of hydrogen-bond acceptors (Lipinski definition) is 3. The normalized spacial score (nSPS) is 13.3. The van der Waals surface area contributed by atoms with Crippen molar-refractivity contribution in [1.29, 1.82) is 0 Å². The van der Waals surface area contributed by atoms with Crippen LogP contribution in [0.3, 0.4) is 0 Å². The fourth-order valence-corrected chi connectivity index (χ4v) is 1.81. The summed E-state index contributed by atoms with van der Waals surface area (Å²) >= 11 is 0. The van der Waals surface area contributed by atoms with Gasteiger partial charge in [0.2, 0.25) is 6.79 Å². The fourth-order valence-electron chi connectivity index (χ4n) is 1.81. The zero-order chi connectivity index (χ0) is 13.2. The molecule has 0 saturated heterocycles. The Morgan fingerprint density at radius 1 is 1.33 bits per heavy atom. The van der Waals surface area contributed by atoms with Gasteiger partial charge in [0.25, 0.3) is 0 Å². The summed E-state index contributed by atoms with van der Waals surface area (Å²) < 4.78 is 10.6. The van der Waals surface area contributed by atoms with Gasteiger partial charge in [0.05, 0.1) is 0 Å². The Labute approximate surface area is 106 Å². The van der Waals surface area contributed by atoms with Crippen LogP contribution in [0.15, 0.2) is 18.2 Å². The summed E-state index contributed by atoms with van der Waals surface area (Å²) in [6, 6.07) is 5.69. The highest BCUT2D eigenvalue weighted by Gasteiger charge is 2.24. The second-order valence-corrected chi connectivity index (χ2v) is 4.88. The third kappa shape index (κ3) is 2.50. The first kappa shape index (κ1) is 12.5. The molecule has 1 aromatic carbocycles. The van der Waals surface area contributed by atoms with Crippen molar-refractivity contribution in [3.8, 4) is 11.5 Å². The van der Waals surface area contributed by atoms with Crippen LogP contribution >= 0.6 is 0 Å². The molecule has 2 N–H and O–H groups in total. The largest absolute Gasteiger partial charge is 0.454 e. The highest BCUT2D eigenvalue weighted by molar-refractivity contribution is 5.73. The van der Waals surface area contributed by atoms with Crippen molar-refractivity contribution in [2.24, 2.45) is 0 Å². The molecule has 0 saturated carbocycles. The number of fused-ring (bicyclic) bond motifs is 1. The lowest BCUT2D eigenvalue weighted by atomic mass is 9.84. The van der Waals surface area contributed by atoms with Gasteiger partial charge in [-0.3, -0.25) is 0 Å². The van der Waals surface area contributed by atoms with Crippen molar-refractivity contribution in [2.45, 2.75) is 19.3 Å². The third-order valence-corrected chi connectivity index (χ3v) is 3.07. The van der Waals surface area contributed by atoms with E-state index in [1.54, 1.807) is 7.05 Å². The lowest BCUT2D eigenvalue weighted by Gasteiger charge is -2.25. The first-order valence-corrected chi connectivity index (χ1v) is 5.88. The molecule has 98 valence electrons. The van der Waals surface area contributed by atoms with Crippen LogP contribution in [-0.2, 0) is 5.41 Å². The summed E-state index contributed by atoms with van der Waals surface area (Å²) in [5.41, 5.74) is 0.927. The number of carbonyl (C=O) groups excluding carboxylic acids is 1. The van der Waals surface area contributed by atoms with Gasteiger partial charge >= 0.3 is 6.03 Å². The van der Waals surface area contributed by atoms with Gasteiger partial charge in [-0.05, 0) is 17.7 Å². The second-order valence-electron chi connectivity index (χ2n) is 4.88. The van der Waals surface area contributed by atoms with Crippen LogP contribution in [-0.4, -0.2) is 26.4 Å². The molecule has 18 heavy (non-hydrogen) atoms. The number of amides is 2. The van der Waals surface area contributed by atoms with E-state index in [0.717, 1.165) is 17.1 Å². The molecule has 5 heteroatoms. The number of rotatable bonds is 3. The quantitative estimate of drug-likeness (QED) is 0.857. The molecular formula is C13H18N2O3. The Balaban J connectivity index is 2.11. The molecule has 0 bridgehead atoms. The Hall–Kier alpha value is -1.91. The monoisotopic (exact) mass is 250 g/mol. The molecule has 0 radical (unpaired) electrons. The van der Waals surface area contributed by atoms with Crippen LogP contribution < -0.4 is 20.1 Å². The summed E-state index contributed by atoms with van der Waals surface area (Å²) in [6.45, 7) is 4.96. The maximum Gasteiger partial charge on any atom is 0.314 e. The number of urea groups is 1. The lowest BCUT2D eigenvalue weighted by Crippen LogP contribution is -2.40. The molecule has 0 fully saturated rings. The standard InChI is InChI=1S/C13H18N2O3/c1-13(2,7-15-12(16)14-3)9-4-5-10-11(6-9)18-8-17-10/h4-6H,7-8H2,1-3H3,(H2,14,15,16). The minimum Gasteiger partial charge on any atom is -0.454 e. The fraction of sp³-hybridized carbons (Fsp3) is 0.462. The van der Waals surface area contributed by atoms with Gasteiger partial charge in [-0.25, -0.2) is 4.79 Å². The van der Waals surface area contributed by atoms with Crippen molar-refractivity contribution in [2.75, 3.05) is 20.4 Å². The SMILES string of the molecule is CNC(=O)NCC(C)(C)c1ccc2c(c1)OCO2. The molecule has 5 nitrogen and oxygen atoms in total. The summed E-state index contributed by atoms with van der Waals surface area (Å²) in [5, 5.41) is 5.35. The molecule has 1 aliphatic rings. The summed E-state index contributed by atoms with van der Waals surface area (Å²) in [7, 11) is 1.60. The number of carbonyl (C=O) groups is 1. The van der Waals surface area contributed by atoms with Crippen LogP contribution in [0.4, 0.5) is 4.79 Å². The van der Waals surface area contributed by atoms with Crippen LogP contribution in [0.1, 0.15) is 19.4 Å². The van der Waals surface area contributed by atoms with E-state index in [1.807, 2.05) is 18.2 Å². The van der Waals surface area contributed by atoms with E-state index in [4.69, 9.17) is 9.47 Å². The van der Waals surface area contributed by atoms with E-state index in [1.165, 1.54) is 0 Å². The molecule has 1 aliphatic heterocycles. The van der Waals surface area contributed by atoms with Gasteiger partial charge in [0.15, 0.2) is 11.5 Å². The van der Waals surface area contributed by atoms with Crippen LogP contribution in [0.25, 0.3) is 0 Å². The number of ether oxygens (including phenoxy) is 2. The average Bonchev–Trinajstić information content (AvgIpc) is 2.83. The Morgan fingerprint density at radius 2 is 2.06 bits per heavy atom. The first-order chi connectivity index (χ1) is 8.53. The zero-order valence-electron chi connectivity index (χ0n) is 10.9. The van der Waals surface area contributed by atoms with Crippen molar-refractivity contribution >= 4 is 6.03 Å². The molecular weight excluding hydrogens is 232 g/mol. The number of nitrogens with one attached hydrogen (secondary N) is 2. The van der Waals surface area contributed by atoms with Crippen molar-refractivity contribution in [1.82, 2.24) is 10.6 Å². The Kier molecular flexibility index (Phi) is 3.32. The predicted octanol–water partition coefficient (Wildman–Crippen LogP) is 1.62. The van der Waals surface area contributed by atoms with Gasteiger partial charge in [-0.2, -0.15) is 0 Å². The molecule has 0 atom stereocenters. The van der Waals surface area contributed by atoms with Gasteiger partial charge in [-0.15, -0.1) is 0 Å². The smallest absolute Gasteiger partial charge is 0.314 e. The summed E-state index contributed by atoms with van der Waals surface area (Å²) in [5.74, 6) is 1.54. The Bertz CT molecular complexity index is 458. The van der Waals surface area contributed by atoms with E-state index in [9.17, 15) is 4.79 Å². The summed E-state index contributed by atoms with van der Waals surface area (Å²) in [6.07, 6.45) is 0. The Morgan fingerprint density at radius 3 is 2.78 bits per heavy atom. The molecule has 0 spiro atoms. The first-order valence-electron chi connectivity index (χ1n) is 5.88. The van der Waals surface area contributed by atoms with Crippen molar-refractivity contribution in [3.63, 3.8) is 0 Å². The third-order valence-electron chi connectivity index (χ3n) is 3.07. The van der Waals surface area contributed by atoms with E-state index < -0.39 is 0 Å².